The Morgan fingerprint density at radius 3 is 2.46 bits per heavy atom. The molecule has 0 saturated heterocycles. The van der Waals surface area contributed by atoms with Crippen LogP contribution in [0.4, 0.5) is 0 Å². The molecule has 0 fully saturated rings. The van der Waals surface area contributed by atoms with Gasteiger partial charge in [0, 0.05) is 24.8 Å². The number of hydrogen-bond donors (Lipinski definition) is 2. The normalized spacial score (nSPS) is 13.0. The minimum absolute atomic E-state index is 0.246. The van der Waals surface area contributed by atoms with Crippen LogP contribution in [0.1, 0.15) is 24.0 Å². The van der Waals surface area contributed by atoms with Gasteiger partial charge in [0.1, 0.15) is 17.2 Å². The van der Waals surface area contributed by atoms with Crippen molar-refractivity contribution in [1.29, 1.82) is 0 Å². The molecule has 0 saturated carbocycles. The van der Waals surface area contributed by atoms with Gasteiger partial charge in [-0.25, -0.2) is 0 Å². The van der Waals surface area contributed by atoms with Crippen LogP contribution in [0.25, 0.3) is 21.9 Å². The average Bonchev–Trinajstić information content (AvgIpc) is 3.15. The van der Waals surface area contributed by atoms with Gasteiger partial charge in [0.15, 0.2) is 0 Å². The molecule has 0 aliphatic carbocycles. The lowest BCUT2D eigenvalue weighted by atomic mass is 9.90. The Hall–Kier alpha value is -4.31. The summed E-state index contributed by atoms with van der Waals surface area (Å²) in [4.78, 5) is 4.45. The molecule has 0 unspecified atom stereocenters. The highest BCUT2D eigenvalue weighted by Gasteiger charge is 2.12. The number of phenolic OH excluding ortho intramolecular Hbond substituents is 2. The third-order valence-electron chi connectivity index (χ3n) is 6.15. The highest BCUT2D eigenvalue weighted by molar-refractivity contribution is 5.93. The monoisotopic (exact) mass is 461 g/mol. The van der Waals surface area contributed by atoms with E-state index >= 15 is 0 Å². The summed E-state index contributed by atoms with van der Waals surface area (Å²) in [5.41, 5.74) is 5.51. The van der Waals surface area contributed by atoms with Gasteiger partial charge in [0.05, 0.1) is 6.61 Å². The number of ether oxygens (including phenoxy) is 1. The highest BCUT2D eigenvalue weighted by Crippen LogP contribution is 2.34. The van der Waals surface area contributed by atoms with Gasteiger partial charge in [-0.05, 0) is 81.9 Å². The number of benzene rings is 4. The van der Waals surface area contributed by atoms with Crippen molar-refractivity contribution in [3.8, 4) is 28.4 Å². The maximum atomic E-state index is 9.97. The van der Waals surface area contributed by atoms with E-state index in [1.165, 1.54) is 11.1 Å². The first-order chi connectivity index (χ1) is 17.2. The molecule has 0 bridgehead atoms. The zero-order chi connectivity index (χ0) is 24.0. The molecular formula is C31H27NO3. The molecule has 0 amide bonds. The summed E-state index contributed by atoms with van der Waals surface area (Å²) in [7, 11) is 0. The summed E-state index contributed by atoms with van der Waals surface area (Å²) >= 11 is 0. The number of aliphatic imine (C=N–C) groups is 1. The van der Waals surface area contributed by atoms with E-state index in [2.05, 4.69) is 29.3 Å². The lowest BCUT2D eigenvalue weighted by Crippen LogP contribution is -1.99. The number of aromatic hydroxyl groups is 2. The Balaban J connectivity index is 1.37. The van der Waals surface area contributed by atoms with Crippen LogP contribution in [-0.2, 0) is 6.42 Å². The van der Waals surface area contributed by atoms with Crippen LogP contribution in [0.3, 0.4) is 0 Å². The van der Waals surface area contributed by atoms with Gasteiger partial charge in [-0.1, -0.05) is 54.6 Å². The van der Waals surface area contributed by atoms with Crippen LogP contribution in [0.15, 0.2) is 108 Å². The van der Waals surface area contributed by atoms with E-state index in [-0.39, 0.29) is 11.5 Å². The number of allylic oxidation sites excluding steroid dienone is 3. The fourth-order valence-corrected chi connectivity index (χ4v) is 4.34. The molecule has 35 heavy (non-hydrogen) atoms. The molecular weight excluding hydrogens is 434 g/mol. The predicted octanol–water partition coefficient (Wildman–Crippen LogP) is 7.19. The van der Waals surface area contributed by atoms with Crippen molar-refractivity contribution in [3.63, 3.8) is 0 Å². The molecule has 0 atom stereocenters. The zero-order valence-corrected chi connectivity index (χ0v) is 19.4. The molecule has 1 heterocycles. The third-order valence-corrected chi connectivity index (χ3v) is 6.15. The molecule has 2 N–H and O–H groups in total. The largest absolute Gasteiger partial charge is 0.508 e. The number of hydrogen-bond acceptors (Lipinski definition) is 4. The standard InChI is InChI=1S/C31H27NO3/c33-26-10-7-23(8-11-26)29-15-9-24-21-27(34)12-16-30(24)31(29)20-22-5-13-28(14-6-22)35-19-17-25-4-2-1-3-18-32-25/h1-2,4-16,18,21,33-34H,3,17,19-20H2. The number of nitrogens with zero attached hydrogens (tertiary/aromatic N) is 1. The Labute approximate surface area is 205 Å². The minimum atomic E-state index is 0.246. The van der Waals surface area contributed by atoms with Crippen LogP contribution in [-0.4, -0.2) is 23.0 Å². The van der Waals surface area contributed by atoms with Crippen molar-refractivity contribution < 1.29 is 14.9 Å². The van der Waals surface area contributed by atoms with Crippen molar-refractivity contribution in [2.45, 2.75) is 19.3 Å². The summed E-state index contributed by atoms with van der Waals surface area (Å²) in [6.07, 6.45) is 10.4. The Bertz CT molecular complexity index is 1410. The molecule has 0 spiro atoms. The molecule has 4 aromatic rings. The van der Waals surface area contributed by atoms with E-state index in [4.69, 9.17) is 4.74 Å². The summed E-state index contributed by atoms with van der Waals surface area (Å²) < 4.78 is 5.95. The molecule has 0 aromatic heterocycles. The van der Waals surface area contributed by atoms with Crippen molar-refractivity contribution >= 4 is 17.0 Å². The minimum Gasteiger partial charge on any atom is -0.508 e. The molecule has 174 valence electrons. The number of rotatable bonds is 7. The molecule has 5 rings (SSSR count). The quantitative estimate of drug-likeness (QED) is 0.306. The Morgan fingerprint density at radius 1 is 0.829 bits per heavy atom. The van der Waals surface area contributed by atoms with E-state index < -0.39 is 0 Å². The van der Waals surface area contributed by atoms with Gasteiger partial charge >= 0.3 is 0 Å². The van der Waals surface area contributed by atoms with Gasteiger partial charge < -0.3 is 14.9 Å². The second kappa shape index (κ2) is 10.3. The Morgan fingerprint density at radius 2 is 1.63 bits per heavy atom. The van der Waals surface area contributed by atoms with Gasteiger partial charge in [0.25, 0.3) is 0 Å². The second-order valence-electron chi connectivity index (χ2n) is 8.60. The van der Waals surface area contributed by atoms with E-state index in [1.54, 1.807) is 24.3 Å². The first kappa shape index (κ1) is 22.5. The number of phenols is 2. The van der Waals surface area contributed by atoms with Crippen molar-refractivity contribution in [1.82, 2.24) is 0 Å². The molecule has 4 aromatic carbocycles. The average molecular weight is 462 g/mol. The topological polar surface area (TPSA) is 62.0 Å². The van der Waals surface area contributed by atoms with Crippen molar-refractivity contribution in [2.75, 3.05) is 6.61 Å². The first-order valence-electron chi connectivity index (χ1n) is 11.8. The first-order valence-corrected chi connectivity index (χ1v) is 11.8. The maximum Gasteiger partial charge on any atom is 0.119 e. The van der Waals surface area contributed by atoms with Crippen LogP contribution in [0, 0.1) is 0 Å². The van der Waals surface area contributed by atoms with Crippen molar-refractivity contribution in [3.05, 3.63) is 114 Å². The third kappa shape index (κ3) is 5.44. The maximum absolute atomic E-state index is 9.97. The summed E-state index contributed by atoms with van der Waals surface area (Å²) in [6.45, 7) is 0.578. The van der Waals surface area contributed by atoms with Gasteiger partial charge in [0.2, 0.25) is 0 Å². The fourth-order valence-electron chi connectivity index (χ4n) is 4.34. The second-order valence-corrected chi connectivity index (χ2v) is 8.60. The van der Waals surface area contributed by atoms with E-state index in [9.17, 15) is 10.2 Å². The van der Waals surface area contributed by atoms with E-state index in [0.717, 1.165) is 52.6 Å². The lowest BCUT2D eigenvalue weighted by Gasteiger charge is -2.15. The zero-order valence-electron chi connectivity index (χ0n) is 19.4. The smallest absolute Gasteiger partial charge is 0.119 e. The summed E-state index contributed by atoms with van der Waals surface area (Å²) in [5, 5.41) is 21.8. The molecule has 1 aliphatic heterocycles. The van der Waals surface area contributed by atoms with Crippen LogP contribution < -0.4 is 4.74 Å². The predicted molar refractivity (Wildman–Crippen MR) is 142 cm³/mol. The SMILES string of the molecule is Oc1ccc(-c2ccc3cc(O)ccc3c2Cc2ccc(OCCC3=CC=CCC=N3)cc2)cc1. The van der Waals surface area contributed by atoms with E-state index in [1.807, 2.05) is 54.8 Å². The molecule has 4 nitrogen and oxygen atoms in total. The Kier molecular flexibility index (Phi) is 6.62. The van der Waals surface area contributed by atoms with Crippen LogP contribution in [0.2, 0.25) is 0 Å². The summed E-state index contributed by atoms with van der Waals surface area (Å²) in [5.74, 6) is 1.34. The molecule has 1 aliphatic rings. The van der Waals surface area contributed by atoms with Crippen LogP contribution in [0.5, 0.6) is 17.2 Å². The van der Waals surface area contributed by atoms with Gasteiger partial charge in [-0.2, -0.15) is 0 Å². The lowest BCUT2D eigenvalue weighted by molar-refractivity contribution is 0.321. The van der Waals surface area contributed by atoms with Gasteiger partial charge in [-0.15, -0.1) is 0 Å². The van der Waals surface area contributed by atoms with Crippen LogP contribution >= 0.6 is 0 Å². The number of fused-ring (bicyclic) bond motifs is 1. The fraction of sp³-hybridized carbons (Fsp3) is 0.129. The van der Waals surface area contributed by atoms with Crippen molar-refractivity contribution in [2.24, 2.45) is 4.99 Å². The molecule has 4 heteroatoms. The highest BCUT2D eigenvalue weighted by atomic mass is 16.5. The molecule has 0 radical (unpaired) electrons. The summed E-state index contributed by atoms with van der Waals surface area (Å²) in [6, 6.07) is 25.1. The van der Waals surface area contributed by atoms with E-state index in [0.29, 0.717) is 6.61 Å². The van der Waals surface area contributed by atoms with Gasteiger partial charge in [-0.3, -0.25) is 4.99 Å².